The molecule has 0 fully saturated rings. The molecule has 0 spiro atoms. The number of hydrogen-bond donors (Lipinski definition) is 0. The summed E-state index contributed by atoms with van der Waals surface area (Å²) >= 11 is 0. The van der Waals surface area contributed by atoms with E-state index in [-0.39, 0.29) is 0 Å². The van der Waals surface area contributed by atoms with Crippen LogP contribution in [0, 0.1) is 22.7 Å². The number of rotatable bonds is 2. The molecular formula is C38H20N4O. The van der Waals surface area contributed by atoms with Crippen molar-refractivity contribution in [3.63, 3.8) is 0 Å². The summed E-state index contributed by atoms with van der Waals surface area (Å²) in [7, 11) is 0. The van der Waals surface area contributed by atoms with Crippen LogP contribution in [0.2, 0.25) is 0 Å². The molecule has 3 heterocycles. The second-order valence-electron chi connectivity index (χ2n) is 10.9. The van der Waals surface area contributed by atoms with Gasteiger partial charge in [0.25, 0.3) is 0 Å². The first-order chi connectivity index (χ1) is 21.2. The van der Waals surface area contributed by atoms with Gasteiger partial charge in [-0.2, -0.15) is 10.5 Å². The number of furan rings is 1. The van der Waals surface area contributed by atoms with Gasteiger partial charge in [0, 0.05) is 43.7 Å². The number of nitrogens with zero attached hydrogens (tertiary/aromatic N) is 4. The van der Waals surface area contributed by atoms with Crippen LogP contribution in [-0.4, -0.2) is 9.13 Å². The first-order valence-corrected chi connectivity index (χ1v) is 14.1. The van der Waals surface area contributed by atoms with E-state index in [0.29, 0.717) is 11.1 Å². The van der Waals surface area contributed by atoms with Crippen molar-refractivity contribution in [3.05, 3.63) is 132 Å². The minimum Gasteiger partial charge on any atom is -0.456 e. The second kappa shape index (κ2) is 8.60. The van der Waals surface area contributed by atoms with Crippen molar-refractivity contribution >= 4 is 65.6 Å². The maximum atomic E-state index is 9.58. The van der Waals surface area contributed by atoms with Gasteiger partial charge in [-0.25, -0.2) is 0 Å². The normalized spacial score (nSPS) is 11.7. The van der Waals surface area contributed by atoms with Crippen molar-refractivity contribution in [1.29, 1.82) is 10.5 Å². The summed E-state index contributed by atoms with van der Waals surface area (Å²) in [5, 5.41) is 25.5. The van der Waals surface area contributed by atoms with Crippen molar-refractivity contribution in [2.45, 2.75) is 0 Å². The largest absolute Gasteiger partial charge is 0.456 e. The molecule has 0 unspecified atom stereocenters. The first-order valence-electron chi connectivity index (χ1n) is 14.1. The molecule has 6 aromatic carbocycles. The number of hydrogen-bond acceptors (Lipinski definition) is 3. The molecule has 0 saturated heterocycles. The highest BCUT2D eigenvalue weighted by atomic mass is 16.3. The van der Waals surface area contributed by atoms with Gasteiger partial charge in [-0.3, -0.25) is 0 Å². The molecule has 0 atom stereocenters. The molecule has 9 rings (SSSR count). The maximum absolute atomic E-state index is 9.58. The molecule has 5 nitrogen and oxygen atoms in total. The molecule has 0 bridgehead atoms. The zero-order valence-electron chi connectivity index (χ0n) is 22.7. The molecule has 9 aromatic rings. The minimum atomic E-state index is 0.586. The van der Waals surface area contributed by atoms with E-state index in [4.69, 9.17) is 4.42 Å². The summed E-state index contributed by atoms with van der Waals surface area (Å²) in [5.74, 6) is 0. The molecule has 0 N–H and O–H groups in total. The monoisotopic (exact) mass is 548 g/mol. The number of fused-ring (bicyclic) bond motifs is 9. The average molecular weight is 549 g/mol. The molecule has 0 saturated carbocycles. The third-order valence-electron chi connectivity index (χ3n) is 8.56. The van der Waals surface area contributed by atoms with Gasteiger partial charge in [-0.15, -0.1) is 0 Å². The highest BCUT2D eigenvalue weighted by Crippen LogP contribution is 2.38. The van der Waals surface area contributed by atoms with Crippen molar-refractivity contribution in [2.75, 3.05) is 0 Å². The lowest BCUT2D eigenvalue weighted by molar-refractivity contribution is 0.669. The minimum absolute atomic E-state index is 0.586. The van der Waals surface area contributed by atoms with Crippen LogP contribution >= 0.6 is 0 Å². The molecule has 0 amide bonds. The average Bonchev–Trinajstić information content (AvgIpc) is 3.71. The molecule has 0 aliphatic heterocycles. The van der Waals surface area contributed by atoms with E-state index in [1.54, 1.807) is 0 Å². The predicted octanol–water partition coefficient (Wildman–Crippen LogP) is 9.52. The zero-order valence-corrected chi connectivity index (χ0v) is 22.7. The number of para-hydroxylation sites is 2. The molecule has 43 heavy (non-hydrogen) atoms. The van der Waals surface area contributed by atoms with Gasteiger partial charge in [-0.1, -0.05) is 36.4 Å². The van der Waals surface area contributed by atoms with Gasteiger partial charge in [0.05, 0.1) is 45.3 Å². The summed E-state index contributed by atoms with van der Waals surface area (Å²) in [5.41, 5.74) is 9.14. The van der Waals surface area contributed by atoms with E-state index in [1.165, 1.54) is 10.8 Å². The van der Waals surface area contributed by atoms with Gasteiger partial charge >= 0.3 is 0 Å². The summed E-state index contributed by atoms with van der Waals surface area (Å²) in [6.45, 7) is 0. The lowest BCUT2D eigenvalue weighted by Crippen LogP contribution is -1.94. The summed E-state index contributed by atoms with van der Waals surface area (Å²) in [4.78, 5) is 0. The lowest BCUT2D eigenvalue weighted by Gasteiger charge is -2.09. The molecule has 198 valence electrons. The molecule has 0 radical (unpaired) electrons. The highest BCUT2D eigenvalue weighted by molar-refractivity contribution is 6.12. The van der Waals surface area contributed by atoms with E-state index < -0.39 is 0 Å². The van der Waals surface area contributed by atoms with Gasteiger partial charge < -0.3 is 13.6 Å². The fraction of sp³-hybridized carbons (Fsp3) is 0. The fourth-order valence-corrected chi connectivity index (χ4v) is 6.67. The Labute approximate surface area is 245 Å². The Morgan fingerprint density at radius 3 is 1.33 bits per heavy atom. The topological polar surface area (TPSA) is 70.6 Å². The Hall–Kier alpha value is -6.30. The summed E-state index contributed by atoms with van der Waals surface area (Å²) < 4.78 is 10.8. The number of benzene rings is 6. The quantitative estimate of drug-likeness (QED) is 0.216. The zero-order chi connectivity index (χ0) is 28.7. The van der Waals surface area contributed by atoms with E-state index in [9.17, 15) is 10.5 Å². The summed E-state index contributed by atoms with van der Waals surface area (Å²) in [6, 6.07) is 45.6. The Bertz CT molecular complexity index is 2580. The number of nitriles is 2. The van der Waals surface area contributed by atoms with Crippen molar-refractivity contribution in [1.82, 2.24) is 9.13 Å². The Morgan fingerprint density at radius 1 is 0.419 bits per heavy atom. The Morgan fingerprint density at radius 2 is 0.860 bits per heavy atom. The van der Waals surface area contributed by atoms with Crippen LogP contribution in [-0.2, 0) is 0 Å². The summed E-state index contributed by atoms with van der Waals surface area (Å²) in [6.07, 6.45) is 0. The van der Waals surface area contributed by atoms with Crippen molar-refractivity contribution < 1.29 is 4.42 Å². The molecule has 5 heteroatoms. The van der Waals surface area contributed by atoms with Gasteiger partial charge in [-0.05, 0) is 84.9 Å². The lowest BCUT2D eigenvalue weighted by atomic mass is 10.1. The van der Waals surface area contributed by atoms with Gasteiger partial charge in [0.2, 0.25) is 0 Å². The van der Waals surface area contributed by atoms with Crippen LogP contribution in [0.15, 0.2) is 126 Å². The van der Waals surface area contributed by atoms with E-state index in [1.807, 2.05) is 42.5 Å². The standard InChI is InChI=1S/C38H20N4O/c39-21-23-9-13-35-29(17-23)30-18-24(22-40)10-14-36(30)42(35)26-12-16-38-32(20-26)31-19-25(11-15-37(31)43-38)41-33-7-3-1-5-27(33)28-6-2-4-8-34(28)41/h1-20H. The van der Waals surface area contributed by atoms with Crippen LogP contribution < -0.4 is 0 Å². The van der Waals surface area contributed by atoms with E-state index in [0.717, 1.165) is 66.2 Å². The molecule has 0 aliphatic rings. The predicted molar refractivity (Wildman–Crippen MR) is 172 cm³/mol. The van der Waals surface area contributed by atoms with Crippen molar-refractivity contribution in [3.8, 4) is 23.5 Å². The van der Waals surface area contributed by atoms with Crippen LogP contribution in [0.4, 0.5) is 0 Å². The Kier molecular flexibility index (Phi) is 4.68. The van der Waals surface area contributed by atoms with Crippen LogP contribution in [0.5, 0.6) is 0 Å². The fourth-order valence-electron chi connectivity index (χ4n) is 6.67. The SMILES string of the molecule is N#Cc1ccc2c(c1)c1cc(C#N)ccc1n2-c1ccc2oc3ccc(-n4c5ccccc5c5ccccc54)cc3c2c1. The first kappa shape index (κ1) is 23.4. The third-order valence-corrected chi connectivity index (χ3v) is 8.56. The smallest absolute Gasteiger partial charge is 0.135 e. The van der Waals surface area contributed by atoms with Gasteiger partial charge in [0.15, 0.2) is 0 Å². The second-order valence-corrected chi connectivity index (χ2v) is 10.9. The van der Waals surface area contributed by atoms with E-state index >= 15 is 0 Å². The van der Waals surface area contributed by atoms with E-state index in [2.05, 4.69) is 100 Å². The highest BCUT2D eigenvalue weighted by Gasteiger charge is 2.17. The Balaban J connectivity index is 1.31. The molecule has 0 aliphatic carbocycles. The maximum Gasteiger partial charge on any atom is 0.135 e. The third kappa shape index (κ3) is 3.25. The van der Waals surface area contributed by atoms with Crippen LogP contribution in [0.1, 0.15) is 11.1 Å². The van der Waals surface area contributed by atoms with Crippen molar-refractivity contribution in [2.24, 2.45) is 0 Å². The molecule has 3 aromatic heterocycles. The van der Waals surface area contributed by atoms with Gasteiger partial charge in [0.1, 0.15) is 11.2 Å². The molecular weight excluding hydrogens is 528 g/mol. The van der Waals surface area contributed by atoms with Crippen LogP contribution in [0.25, 0.3) is 76.9 Å². The van der Waals surface area contributed by atoms with Crippen LogP contribution in [0.3, 0.4) is 0 Å². The number of aromatic nitrogens is 2.